The van der Waals surface area contributed by atoms with Gasteiger partial charge in [-0.2, -0.15) is 0 Å². The average Bonchev–Trinajstić information content (AvgIpc) is 1.37. The van der Waals surface area contributed by atoms with Gasteiger partial charge in [0.25, 0.3) is 0 Å². The summed E-state index contributed by atoms with van der Waals surface area (Å²) in [6.07, 6.45) is 6.26. The third-order valence-electron chi connectivity index (χ3n) is 15.3. The lowest BCUT2D eigenvalue weighted by Crippen LogP contribution is -2.59. The first-order valence-corrected chi connectivity index (χ1v) is 33.0. The summed E-state index contributed by atoms with van der Waals surface area (Å²) in [4.78, 5) is 186. The maximum atomic E-state index is 13.9. The summed E-state index contributed by atoms with van der Waals surface area (Å²) in [6.45, 7) is 12.7. The van der Waals surface area contributed by atoms with Crippen molar-refractivity contribution >= 4 is 82.7 Å². The molecule has 0 bridgehead atoms. The molecule has 0 radical (unpaired) electrons. The molecule has 0 heterocycles. The predicted molar refractivity (Wildman–Crippen MR) is 355 cm³/mol. The molecule has 0 aromatic heterocycles. The number of unbranched alkanes of at least 4 members (excludes halogenated alkanes) is 6. The standard InChI is InChI=1S/C60H115N21O14/c1-33(47(68)82)69-48(83)35(3)74-57(92)43(23-11-17-29-63)80-59(94)46(26-14-20-32-66)79-54(89)40(8)72-50(85)36(4)75-56(91)42(22-10-16-28-62)77-52(87)38(6)71-51(86)37(5)76-58(93)44(24-12-18-30-64)81-60(95)45(25-13-19-31-65)78-53(88)39(7)70-49(84)34(2)73-55(90)41(67)21-9-15-27-61/h33-46H,9-32,61-67H2,1-8H3,(H2,68,82)(H,69,83)(H,70,84)(H,71,86)(H,72,85)(H,73,90)(H,74,92)(H,75,91)(H,76,93)(H,77,87)(H,78,88)(H,79,89)(H,80,94)(H,81,95)/t33-,34-,35-,36-,37-,38-,39-,40-,41-,42-,43-,44-,45-,46-/m0/s1. The van der Waals surface area contributed by atoms with E-state index < -0.39 is 167 Å². The highest BCUT2D eigenvalue weighted by molar-refractivity contribution is 5.99. The van der Waals surface area contributed by atoms with Crippen molar-refractivity contribution in [1.82, 2.24) is 69.1 Å². The molecule has 0 saturated carbocycles. The van der Waals surface area contributed by atoms with Crippen molar-refractivity contribution in [2.45, 2.75) is 256 Å². The highest BCUT2D eigenvalue weighted by Crippen LogP contribution is 2.10. The first-order chi connectivity index (χ1) is 44.8. The topological polar surface area (TPSA) is 604 Å². The Morgan fingerprint density at radius 1 is 0.221 bits per heavy atom. The van der Waals surface area contributed by atoms with Crippen LogP contribution in [0.25, 0.3) is 0 Å². The van der Waals surface area contributed by atoms with E-state index in [-0.39, 0.29) is 58.3 Å². The number of carbonyl (C=O) groups is 14. The van der Waals surface area contributed by atoms with Crippen LogP contribution >= 0.6 is 0 Å². The number of hydrogen-bond donors (Lipinski definition) is 21. The van der Waals surface area contributed by atoms with Gasteiger partial charge in [-0.3, -0.25) is 67.1 Å². The van der Waals surface area contributed by atoms with Gasteiger partial charge in [-0.05, 0) is 204 Å². The molecule has 0 spiro atoms. The van der Waals surface area contributed by atoms with Crippen molar-refractivity contribution in [3.8, 4) is 0 Å². The maximum Gasteiger partial charge on any atom is 0.243 e. The minimum atomic E-state index is -1.31. The molecule has 14 amide bonds. The van der Waals surface area contributed by atoms with Crippen molar-refractivity contribution in [2.75, 3.05) is 39.3 Å². The fourth-order valence-corrected chi connectivity index (χ4v) is 9.03. The normalized spacial score (nSPS) is 15.5. The molecule has 0 aliphatic heterocycles. The van der Waals surface area contributed by atoms with Crippen LogP contribution < -0.4 is 115 Å². The summed E-state index contributed by atoms with van der Waals surface area (Å²) in [7, 11) is 0. The van der Waals surface area contributed by atoms with Crippen molar-refractivity contribution in [3.63, 3.8) is 0 Å². The van der Waals surface area contributed by atoms with Crippen LogP contribution in [0.1, 0.15) is 171 Å². The average molecular weight is 1350 g/mol. The zero-order valence-electron chi connectivity index (χ0n) is 56.9. The molecule has 95 heavy (non-hydrogen) atoms. The second kappa shape index (κ2) is 48.9. The van der Waals surface area contributed by atoms with Crippen molar-refractivity contribution < 1.29 is 67.1 Å². The SMILES string of the molecule is C[C@H](NC(=O)[C@H](C)NC(=O)[C@H](CCCCN)NC(=O)[C@H](CCCCN)NC(=O)[C@H](C)NC(=O)[C@H](C)NC(=O)[C@H](CCCCN)NC(=O)[C@H](C)NC(=O)[C@H](C)NC(=O)[C@H](CCCCN)NC(=O)[C@H](CCCCN)NC(=O)[C@H](C)NC(=O)[C@H](C)NC(=O)[C@@H](N)CCCCN)C(N)=O. The van der Waals surface area contributed by atoms with Gasteiger partial charge in [-0.25, -0.2) is 0 Å². The van der Waals surface area contributed by atoms with E-state index in [1.807, 2.05) is 0 Å². The third-order valence-corrected chi connectivity index (χ3v) is 15.3. The number of rotatable bonds is 51. The van der Waals surface area contributed by atoms with E-state index in [2.05, 4.69) is 69.1 Å². The summed E-state index contributed by atoms with van der Waals surface area (Å²) in [5.74, 6) is -10.6. The Kier molecular flexibility index (Phi) is 45.0. The Labute approximate surface area is 557 Å². The molecule has 0 aliphatic rings. The quantitative estimate of drug-likeness (QED) is 0.0252. The summed E-state index contributed by atoms with van der Waals surface area (Å²) in [5.41, 5.74) is 45.2. The Morgan fingerprint density at radius 2 is 0.379 bits per heavy atom. The number of primary amides is 1. The van der Waals surface area contributed by atoms with Gasteiger partial charge in [0.15, 0.2) is 0 Å². The van der Waals surface area contributed by atoms with Gasteiger partial charge in [-0.15, -0.1) is 0 Å². The van der Waals surface area contributed by atoms with Crippen molar-refractivity contribution in [1.29, 1.82) is 0 Å². The Morgan fingerprint density at radius 3 is 0.589 bits per heavy atom. The molecule has 0 saturated heterocycles. The Balaban J connectivity index is 6.09. The van der Waals surface area contributed by atoms with Crippen LogP contribution in [0.15, 0.2) is 0 Å². The molecule has 544 valence electrons. The van der Waals surface area contributed by atoms with Crippen LogP contribution in [0.2, 0.25) is 0 Å². The molecular formula is C60H115N21O14. The van der Waals surface area contributed by atoms with Crippen LogP contribution in [-0.4, -0.2) is 207 Å². The van der Waals surface area contributed by atoms with Gasteiger partial charge in [0, 0.05) is 0 Å². The Bertz CT molecular complexity index is 2460. The molecule has 35 nitrogen and oxygen atoms in total. The predicted octanol–water partition coefficient (Wildman–Crippen LogP) is -6.97. The second-order valence-corrected chi connectivity index (χ2v) is 23.9. The largest absolute Gasteiger partial charge is 0.368 e. The van der Waals surface area contributed by atoms with Gasteiger partial charge in [0.05, 0.1) is 6.04 Å². The van der Waals surface area contributed by atoms with E-state index in [1.165, 1.54) is 55.4 Å². The molecule has 14 atom stereocenters. The second-order valence-electron chi connectivity index (χ2n) is 23.9. The molecule has 0 aromatic rings. The van der Waals surface area contributed by atoms with Crippen LogP contribution in [0.5, 0.6) is 0 Å². The van der Waals surface area contributed by atoms with Crippen LogP contribution in [0.4, 0.5) is 0 Å². The van der Waals surface area contributed by atoms with Crippen LogP contribution in [0, 0.1) is 0 Å². The molecule has 0 rings (SSSR count). The number of carbonyl (C=O) groups excluding carboxylic acids is 14. The lowest BCUT2D eigenvalue weighted by Gasteiger charge is -2.26. The van der Waals surface area contributed by atoms with E-state index in [0.29, 0.717) is 96.6 Å². The number of nitrogens with one attached hydrogen (secondary N) is 13. The summed E-state index contributed by atoms with van der Waals surface area (Å²) >= 11 is 0. The molecule has 0 aliphatic carbocycles. The van der Waals surface area contributed by atoms with Gasteiger partial charge in [0.1, 0.15) is 78.5 Å². The van der Waals surface area contributed by atoms with E-state index in [9.17, 15) is 67.1 Å². The number of hydrogen-bond acceptors (Lipinski definition) is 21. The first kappa shape index (κ1) is 87.3. The van der Waals surface area contributed by atoms with E-state index in [4.69, 9.17) is 45.9 Å². The lowest BCUT2D eigenvalue weighted by molar-refractivity contribution is -0.136. The first-order valence-electron chi connectivity index (χ1n) is 33.0. The summed E-state index contributed by atoms with van der Waals surface area (Å²) in [6, 6.07) is -16.6. The van der Waals surface area contributed by atoms with Gasteiger partial charge in [0.2, 0.25) is 82.7 Å². The zero-order chi connectivity index (χ0) is 72.3. The summed E-state index contributed by atoms with van der Waals surface area (Å²) < 4.78 is 0. The molecule has 0 fully saturated rings. The number of amides is 14. The van der Waals surface area contributed by atoms with Crippen LogP contribution in [-0.2, 0) is 67.1 Å². The molecule has 35 heteroatoms. The minimum Gasteiger partial charge on any atom is -0.368 e. The van der Waals surface area contributed by atoms with Crippen molar-refractivity contribution in [3.05, 3.63) is 0 Å². The maximum absolute atomic E-state index is 13.9. The summed E-state index contributed by atoms with van der Waals surface area (Å²) in [5, 5.41) is 33.2. The third kappa shape index (κ3) is 36.1. The van der Waals surface area contributed by atoms with E-state index in [1.54, 1.807) is 0 Å². The van der Waals surface area contributed by atoms with Crippen molar-refractivity contribution in [2.24, 2.45) is 45.9 Å². The fourth-order valence-electron chi connectivity index (χ4n) is 9.03. The molecule has 29 N–H and O–H groups in total. The van der Waals surface area contributed by atoms with Crippen LogP contribution in [0.3, 0.4) is 0 Å². The van der Waals surface area contributed by atoms with E-state index in [0.717, 1.165) is 0 Å². The molecule has 0 unspecified atom stereocenters. The zero-order valence-corrected chi connectivity index (χ0v) is 56.9. The highest BCUT2D eigenvalue weighted by Gasteiger charge is 2.34. The fraction of sp³-hybridized carbons (Fsp3) is 0.767. The van der Waals surface area contributed by atoms with Gasteiger partial charge < -0.3 is 115 Å². The smallest absolute Gasteiger partial charge is 0.243 e. The minimum absolute atomic E-state index is 0.0418. The van der Waals surface area contributed by atoms with Gasteiger partial charge >= 0.3 is 0 Å². The molecular weight excluding hydrogens is 1240 g/mol. The molecule has 0 aromatic carbocycles. The number of nitrogens with two attached hydrogens (primary N) is 8. The monoisotopic (exact) mass is 1350 g/mol. The highest BCUT2D eigenvalue weighted by atomic mass is 16.2. The lowest BCUT2D eigenvalue weighted by atomic mass is 10.0. The van der Waals surface area contributed by atoms with Gasteiger partial charge in [-0.1, -0.05) is 6.42 Å². The van der Waals surface area contributed by atoms with E-state index >= 15 is 0 Å². The Hall–Kier alpha value is -7.70.